The Kier molecular flexibility index (Phi) is 4.57. The molecule has 1 aromatic heterocycles. The standard InChI is InChI=1S/C16H26N2S/c17-9-13-1-3-14(4-2-13)10-18(16-5-6-16)11-15-7-8-19-12-15/h7-8,12-14,16H,1-6,9-11,17H2. The minimum atomic E-state index is 0.808. The molecule has 19 heavy (non-hydrogen) atoms. The van der Waals surface area contributed by atoms with E-state index in [0.717, 1.165) is 24.4 Å². The first-order valence-corrected chi connectivity index (χ1v) is 8.74. The summed E-state index contributed by atoms with van der Waals surface area (Å²) in [6.07, 6.45) is 8.35. The maximum Gasteiger partial charge on any atom is 0.0245 e. The molecule has 0 aromatic carbocycles. The molecule has 2 saturated carbocycles. The third kappa shape index (κ3) is 3.80. The van der Waals surface area contributed by atoms with E-state index in [-0.39, 0.29) is 0 Å². The summed E-state index contributed by atoms with van der Waals surface area (Å²) < 4.78 is 0. The Labute approximate surface area is 121 Å². The number of thiophene rings is 1. The van der Waals surface area contributed by atoms with Gasteiger partial charge in [0.25, 0.3) is 0 Å². The molecule has 2 nitrogen and oxygen atoms in total. The van der Waals surface area contributed by atoms with Gasteiger partial charge in [-0.05, 0) is 79.3 Å². The molecule has 3 heteroatoms. The van der Waals surface area contributed by atoms with Gasteiger partial charge in [0.2, 0.25) is 0 Å². The predicted octanol–water partition coefficient (Wildman–Crippen LogP) is 3.48. The predicted molar refractivity (Wildman–Crippen MR) is 82.3 cm³/mol. The Morgan fingerprint density at radius 2 is 1.84 bits per heavy atom. The average Bonchev–Trinajstić information content (AvgIpc) is 3.17. The van der Waals surface area contributed by atoms with E-state index in [2.05, 4.69) is 21.7 Å². The first-order chi connectivity index (χ1) is 9.35. The molecule has 2 aliphatic rings. The molecule has 1 heterocycles. The molecule has 1 aromatic rings. The summed E-state index contributed by atoms with van der Waals surface area (Å²) in [7, 11) is 0. The molecule has 0 saturated heterocycles. The lowest BCUT2D eigenvalue weighted by molar-refractivity contribution is 0.169. The van der Waals surface area contributed by atoms with Crippen LogP contribution in [0.25, 0.3) is 0 Å². The van der Waals surface area contributed by atoms with Crippen LogP contribution in [0.15, 0.2) is 16.8 Å². The summed E-state index contributed by atoms with van der Waals surface area (Å²) in [5.74, 6) is 1.73. The molecular weight excluding hydrogens is 252 g/mol. The Bertz CT molecular complexity index is 364. The van der Waals surface area contributed by atoms with E-state index < -0.39 is 0 Å². The molecule has 2 N–H and O–H groups in total. The van der Waals surface area contributed by atoms with E-state index in [4.69, 9.17) is 5.73 Å². The van der Waals surface area contributed by atoms with E-state index in [1.54, 1.807) is 0 Å². The third-order valence-electron chi connectivity index (χ3n) is 4.82. The molecule has 0 bridgehead atoms. The van der Waals surface area contributed by atoms with Gasteiger partial charge in [0, 0.05) is 19.1 Å². The summed E-state index contributed by atoms with van der Waals surface area (Å²) in [6, 6.07) is 3.16. The van der Waals surface area contributed by atoms with Gasteiger partial charge in [-0.1, -0.05) is 0 Å². The highest BCUT2D eigenvalue weighted by molar-refractivity contribution is 7.07. The fourth-order valence-electron chi connectivity index (χ4n) is 3.38. The quantitative estimate of drug-likeness (QED) is 0.863. The normalized spacial score (nSPS) is 27.9. The van der Waals surface area contributed by atoms with Crippen LogP contribution in [0.5, 0.6) is 0 Å². The van der Waals surface area contributed by atoms with Crippen LogP contribution in [0, 0.1) is 11.8 Å². The smallest absolute Gasteiger partial charge is 0.0245 e. The van der Waals surface area contributed by atoms with Gasteiger partial charge < -0.3 is 5.73 Å². The topological polar surface area (TPSA) is 29.3 Å². The Hall–Kier alpha value is -0.380. The summed E-state index contributed by atoms with van der Waals surface area (Å²) in [5.41, 5.74) is 7.30. The van der Waals surface area contributed by atoms with Crippen molar-refractivity contribution in [3.63, 3.8) is 0 Å². The molecule has 3 rings (SSSR count). The Balaban J connectivity index is 1.51. The molecule has 2 fully saturated rings. The van der Waals surface area contributed by atoms with Crippen LogP contribution in [0.1, 0.15) is 44.1 Å². The van der Waals surface area contributed by atoms with Crippen molar-refractivity contribution in [1.82, 2.24) is 4.90 Å². The molecule has 106 valence electrons. The van der Waals surface area contributed by atoms with Gasteiger partial charge in [-0.2, -0.15) is 11.3 Å². The summed E-state index contributed by atoms with van der Waals surface area (Å²) in [5, 5.41) is 4.51. The fourth-order valence-corrected chi connectivity index (χ4v) is 4.04. The van der Waals surface area contributed by atoms with Crippen molar-refractivity contribution >= 4 is 11.3 Å². The largest absolute Gasteiger partial charge is 0.330 e. The zero-order valence-corrected chi connectivity index (χ0v) is 12.6. The van der Waals surface area contributed by atoms with Crippen molar-refractivity contribution in [3.8, 4) is 0 Å². The number of hydrogen-bond acceptors (Lipinski definition) is 3. The zero-order valence-electron chi connectivity index (χ0n) is 11.8. The molecule has 0 amide bonds. The highest BCUT2D eigenvalue weighted by Crippen LogP contribution is 2.34. The fraction of sp³-hybridized carbons (Fsp3) is 0.750. The van der Waals surface area contributed by atoms with Gasteiger partial charge in [-0.15, -0.1) is 0 Å². The number of nitrogens with two attached hydrogens (primary N) is 1. The van der Waals surface area contributed by atoms with Crippen molar-refractivity contribution < 1.29 is 0 Å². The molecule has 0 unspecified atom stereocenters. The lowest BCUT2D eigenvalue weighted by atomic mass is 9.82. The molecular formula is C16H26N2S. The summed E-state index contributed by atoms with van der Waals surface area (Å²) in [4.78, 5) is 2.75. The van der Waals surface area contributed by atoms with Gasteiger partial charge in [-0.25, -0.2) is 0 Å². The highest BCUT2D eigenvalue weighted by atomic mass is 32.1. The summed E-state index contributed by atoms with van der Waals surface area (Å²) in [6.45, 7) is 3.39. The molecule has 0 aliphatic heterocycles. The Morgan fingerprint density at radius 1 is 1.11 bits per heavy atom. The Morgan fingerprint density at radius 3 is 2.42 bits per heavy atom. The minimum absolute atomic E-state index is 0.808. The third-order valence-corrected chi connectivity index (χ3v) is 5.55. The van der Waals surface area contributed by atoms with E-state index in [9.17, 15) is 0 Å². The van der Waals surface area contributed by atoms with Crippen LogP contribution in [-0.4, -0.2) is 24.0 Å². The zero-order chi connectivity index (χ0) is 13.1. The van der Waals surface area contributed by atoms with E-state index in [0.29, 0.717) is 0 Å². The second kappa shape index (κ2) is 6.38. The van der Waals surface area contributed by atoms with Crippen molar-refractivity contribution in [1.29, 1.82) is 0 Å². The van der Waals surface area contributed by atoms with Gasteiger partial charge in [0.05, 0.1) is 0 Å². The summed E-state index contributed by atoms with van der Waals surface area (Å²) >= 11 is 1.82. The number of rotatable bonds is 6. The van der Waals surface area contributed by atoms with Crippen LogP contribution in [0.4, 0.5) is 0 Å². The number of hydrogen-bond donors (Lipinski definition) is 1. The maximum absolute atomic E-state index is 5.79. The lowest BCUT2D eigenvalue weighted by Gasteiger charge is -2.32. The van der Waals surface area contributed by atoms with Gasteiger partial charge in [0.15, 0.2) is 0 Å². The van der Waals surface area contributed by atoms with Crippen LogP contribution in [0.3, 0.4) is 0 Å². The van der Waals surface area contributed by atoms with Crippen LogP contribution < -0.4 is 5.73 Å². The van der Waals surface area contributed by atoms with Crippen molar-refractivity contribution in [2.75, 3.05) is 13.1 Å². The molecule has 0 atom stereocenters. The minimum Gasteiger partial charge on any atom is -0.330 e. The average molecular weight is 278 g/mol. The molecule has 2 aliphatic carbocycles. The monoisotopic (exact) mass is 278 g/mol. The van der Waals surface area contributed by atoms with Crippen molar-refractivity contribution in [2.45, 2.75) is 51.1 Å². The molecule has 0 spiro atoms. The van der Waals surface area contributed by atoms with Crippen molar-refractivity contribution in [3.05, 3.63) is 22.4 Å². The molecule has 0 radical (unpaired) electrons. The van der Waals surface area contributed by atoms with E-state index in [1.165, 1.54) is 57.2 Å². The lowest BCUT2D eigenvalue weighted by Crippen LogP contribution is -2.33. The second-order valence-corrected chi connectivity index (χ2v) is 7.19. The van der Waals surface area contributed by atoms with Crippen LogP contribution in [0.2, 0.25) is 0 Å². The first kappa shape index (κ1) is 13.6. The maximum atomic E-state index is 5.79. The van der Waals surface area contributed by atoms with Gasteiger partial charge >= 0.3 is 0 Å². The van der Waals surface area contributed by atoms with Crippen LogP contribution in [-0.2, 0) is 6.54 Å². The van der Waals surface area contributed by atoms with Gasteiger partial charge in [0.1, 0.15) is 0 Å². The first-order valence-electron chi connectivity index (χ1n) is 7.80. The highest BCUT2D eigenvalue weighted by Gasteiger charge is 2.31. The van der Waals surface area contributed by atoms with E-state index in [1.807, 2.05) is 11.3 Å². The van der Waals surface area contributed by atoms with Crippen molar-refractivity contribution in [2.24, 2.45) is 17.6 Å². The van der Waals surface area contributed by atoms with E-state index >= 15 is 0 Å². The SMILES string of the molecule is NCC1CCC(CN(Cc2ccsc2)C2CC2)CC1. The van der Waals surface area contributed by atoms with Gasteiger partial charge in [-0.3, -0.25) is 4.90 Å². The second-order valence-electron chi connectivity index (χ2n) is 6.41. The van der Waals surface area contributed by atoms with Crippen LogP contribution >= 0.6 is 11.3 Å². The number of nitrogens with zero attached hydrogens (tertiary/aromatic N) is 1.